The molecular formula is C26H24N2O4. The Labute approximate surface area is 186 Å². The van der Waals surface area contributed by atoms with Gasteiger partial charge in [-0.1, -0.05) is 38.1 Å². The van der Waals surface area contributed by atoms with Crippen molar-refractivity contribution in [2.45, 2.75) is 32.7 Å². The second-order valence-electron chi connectivity index (χ2n) is 9.17. The summed E-state index contributed by atoms with van der Waals surface area (Å²) in [6.45, 7) is 4.21. The molecule has 1 aromatic heterocycles. The topological polar surface area (TPSA) is 91.6 Å². The fraction of sp³-hybridized carbons (Fsp3) is 0.231. The molecule has 0 saturated heterocycles. The molecule has 1 aliphatic carbocycles. The van der Waals surface area contributed by atoms with Crippen LogP contribution in [0.15, 0.2) is 76.4 Å². The van der Waals surface area contributed by atoms with Crippen LogP contribution in [0.1, 0.15) is 48.8 Å². The van der Waals surface area contributed by atoms with Gasteiger partial charge < -0.3 is 20.2 Å². The Kier molecular flexibility index (Phi) is 4.66. The first-order valence-electron chi connectivity index (χ1n) is 10.6. The Morgan fingerprint density at radius 3 is 2.59 bits per heavy atom. The summed E-state index contributed by atoms with van der Waals surface area (Å²) in [5.74, 6) is 0.276. The lowest BCUT2D eigenvalue weighted by Gasteiger charge is -2.33. The van der Waals surface area contributed by atoms with Crippen molar-refractivity contribution in [3.63, 3.8) is 0 Å². The van der Waals surface area contributed by atoms with Crippen LogP contribution in [0, 0.1) is 5.41 Å². The number of furan rings is 1. The zero-order chi connectivity index (χ0) is 22.5. The Hall–Kier alpha value is -3.80. The summed E-state index contributed by atoms with van der Waals surface area (Å²) in [7, 11) is 0. The number of Topliss-reactive ketones (excluding diaryl/α,β-unsaturated/α-hetero) is 1. The summed E-state index contributed by atoms with van der Waals surface area (Å²) in [6, 6.07) is 17.7. The third-order valence-corrected chi connectivity index (χ3v) is 6.03. The van der Waals surface area contributed by atoms with Crippen LogP contribution in [0.25, 0.3) is 11.3 Å². The van der Waals surface area contributed by atoms with E-state index in [-0.39, 0.29) is 16.8 Å². The van der Waals surface area contributed by atoms with Crippen molar-refractivity contribution in [1.82, 2.24) is 0 Å². The summed E-state index contributed by atoms with van der Waals surface area (Å²) >= 11 is 0. The second kappa shape index (κ2) is 7.41. The summed E-state index contributed by atoms with van der Waals surface area (Å²) in [5, 5.41) is 16.3. The van der Waals surface area contributed by atoms with Crippen LogP contribution in [0.3, 0.4) is 0 Å². The van der Waals surface area contributed by atoms with E-state index in [4.69, 9.17) is 4.42 Å². The summed E-state index contributed by atoms with van der Waals surface area (Å²) in [5.41, 5.74) is 4.17. The SMILES string of the molecule is CC1(C)CC(=O)C2=C(C1)Nc1ccccc1NC2c1ccc(-c2cccc(C(=O)O)c2)o1. The minimum absolute atomic E-state index is 0.0971. The highest BCUT2D eigenvalue weighted by atomic mass is 16.4. The average molecular weight is 428 g/mol. The van der Waals surface area contributed by atoms with Crippen molar-refractivity contribution in [3.05, 3.63) is 83.3 Å². The standard InChI is InChI=1S/C26H24N2O4/c1-26(2)13-19-23(20(29)14-26)24(28-18-9-4-3-8-17(18)27-19)22-11-10-21(32-22)15-6-5-7-16(12-15)25(30)31/h3-12,24,27-28H,13-14H2,1-2H3,(H,30,31). The number of fused-ring (bicyclic) bond motifs is 1. The van der Waals surface area contributed by atoms with Crippen molar-refractivity contribution in [1.29, 1.82) is 0 Å². The monoisotopic (exact) mass is 428 g/mol. The number of carboxylic acids is 1. The van der Waals surface area contributed by atoms with Crippen LogP contribution in [-0.4, -0.2) is 16.9 Å². The largest absolute Gasteiger partial charge is 0.478 e. The molecule has 2 aromatic carbocycles. The van der Waals surface area contributed by atoms with Crippen molar-refractivity contribution in [2.24, 2.45) is 5.41 Å². The molecule has 0 radical (unpaired) electrons. The van der Waals surface area contributed by atoms with Crippen molar-refractivity contribution in [2.75, 3.05) is 10.6 Å². The lowest BCUT2D eigenvalue weighted by Crippen LogP contribution is -2.31. The molecule has 0 spiro atoms. The molecule has 2 heterocycles. The zero-order valence-corrected chi connectivity index (χ0v) is 17.9. The normalized spacial score (nSPS) is 19.3. The number of nitrogens with one attached hydrogen (secondary N) is 2. The van der Waals surface area contributed by atoms with Gasteiger partial charge in [-0.3, -0.25) is 4.79 Å². The number of ketones is 1. The van der Waals surface area contributed by atoms with Gasteiger partial charge in [0.05, 0.1) is 16.9 Å². The number of carbonyl (C=O) groups is 2. The fourth-order valence-electron chi connectivity index (χ4n) is 4.57. The number of para-hydroxylation sites is 2. The Bertz CT molecular complexity index is 1270. The van der Waals surface area contributed by atoms with Gasteiger partial charge in [-0.2, -0.15) is 0 Å². The maximum Gasteiger partial charge on any atom is 0.335 e. The van der Waals surface area contributed by atoms with E-state index in [9.17, 15) is 14.7 Å². The van der Waals surface area contributed by atoms with E-state index in [1.165, 1.54) is 0 Å². The predicted octanol–water partition coefficient (Wildman–Crippen LogP) is 5.87. The third kappa shape index (κ3) is 3.58. The average Bonchev–Trinajstić information content (AvgIpc) is 3.17. The zero-order valence-electron chi connectivity index (χ0n) is 17.9. The highest BCUT2D eigenvalue weighted by Gasteiger charge is 2.39. The number of benzene rings is 2. The lowest BCUT2D eigenvalue weighted by molar-refractivity contribution is -0.118. The highest BCUT2D eigenvalue weighted by molar-refractivity contribution is 6.01. The van der Waals surface area contributed by atoms with E-state index in [1.54, 1.807) is 18.2 Å². The molecular weight excluding hydrogens is 404 g/mol. The summed E-state index contributed by atoms with van der Waals surface area (Å²) in [6.07, 6.45) is 1.23. The molecule has 32 heavy (non-hydrogen) atoms. The first-order valence-corrected chi connectivity index (χ1v) is 10.6. The number of aromatic carboxylic acids is 1. The number of hydrogen-bond acceptors (Lipinski definition) is 5. The third-order valence-electron chi connectivity index (χ3n) is 6.03. The molecule has 3 N–H and O–H groups in total. The quantitative estimate of drug-likeness (QED) is 0.483. The molecule has 0 saturated carbocycles. The van der Waals surface area contributed by atoms with Crippen molar-refractivity contribution >= 4 is 23.1 Å². The molecule has 5 rings (SSSR count). The minimum Gasteiger partial charge on any atom is -0.478 e. The molecule has 1 aliphatic heterocycles. The Morgan fingerprint density at radius 1 is 1.03 bits per heavy atom. The van der Waals surface area contributed by atoms with Crippen LogP contribution in [0.4, 0.5) is 11.4 Å². The van der Waals surface area contributed by atoms with Crippen LogP contribution in [0.2, 0.25) is 0 Å². The molecule has 6 nitrogen and oxygen atoms in total. The number of carbonyl (C=O) groups excluding carboxylic acids is 1. The molecule has 0 fully saturated rings. The van der Waals surface area contributed by atoms with Gasteiger partial charge in [0, 0.05) is 23.3 Å². The molecule has 0 amide bonds. The lowest BCUT2D eigenvalue weighted by atomic mass is 9.74. The fourth-order valence-corrected chi connectivity index (χ4v) is 4.57. The van der Waals surface area contributed by atoms with Crippen LogP contribution < -0.4 is 10.6 Å². The summed E-state index contributed by atoms with van der Waals surface area (Å²) < 4.78 is 6.19. The van der Waals surface area contributed by atoms with E-state index < -0.39 is 12.0 Å². The molecule has 3 aromatic rings. The van der Waals surface area contributed by atoms with Gasteiger partial charge in [0.2, 0.25) is 0 Å². The van der Waals surface area contributed by atoms with Crippen LogP contribution in [0.5, 0.6) is 0 Å². The Morgan fingerprint density at radius 2 is 1.81 bits per heavy atom. The highest BCUT2D eigenvalue weighted by Crippen LogP contribution is 2.46. The van der Waals surface area contributed by atoms with Crippen LogP contribution in [-0.2, 0) is 4.79 Å². The van der Waals surface area contributed by atoms with Gasteiger partial charge >= 0.3 is 5.97 Å². The van der Waals surface area contributed by atoms with E-state index in [1.807, 2.05) is 42.5 Å². The number of allylic oxidation sites excluding steroid dienone is 1. The molecule has 1 unspecified atom stereocenters. The predicted molar refractivity (Wildman–Crippen MR) is 123 cm³/mol. The van der Waals surface area contributed by atoms with Crippen LogP contribution >= 0.6 is 0 Å². The molecule has 1 atom stereocenters. The van der Waals surface area contributed by atoms with E-state index >= 15 is 0 Å². The minimum atomic E-state index is -0.989. The van der Waals surface area contributed by atoms with Gasteiger partial charge in [-0.25, -0.2) is 4.79 Å². The molecule has 6 heteroatoms. The Balaban J connectivity index is 1.60. The van der Waals surface area contributed by atoms with Gasteiger partial charge in [0.1, 0.15) is 17.6 Å². The number of rotatable bonds is 3. The second-order valence-corrected chi connectivity index (χ2v) is 9.17. The summed E-state index contributed by atoms with van der Waals surface area (Å²) in [4.78, 5) is 24.6. The number of carboxylic acid groups (broad SMARTS) is 1. The molecule has 0 bridgehead atoms. The molecule has 2 aliphatic rings. The molecule has 162 valence electrons. The van der Waals surface area contributed by atoms with E-state index in [0.29, 0.717) is 29.1 Å². The van der Waals surface area contributed by atoms with Crippen molar-refractivity contribution in [3.8, 4) is 11.3 Å². The van der Waals surface area contributed by atoms with Gasteiger partial charge in [0.15, 0.2) is 5.78 Å². The number of anilines is 2. The van der Waals surface area contributed by atoms with Gasteiger partial charge in [-0.05, 0) is 48.2 Å². The van der Waals surface area contributed by atoms with Gasteiger partial charge in [0.25, 0.3) is 0 Å². The smallest absolute Gasteiger partial charge is 0.335 e. The first-order chi connectivity index (χ1) is 15.3. The number of hydrogen-bond donors (Lipinski definition) is 3. The van der Waals surface area contributed by atoms with E-state index in [0.717, 1.165) is 23.5 Å². The van der Waals surface area contributed by atoms with Crippen molar-refractivity contribution < 1.29 is 19.1 Å². The first kappa shape index (κ1) is 20.1. The maximum atomic E-state index is 13.3. The van der Waals surface area contributed by atoms with Gasteiger partial charge in [-0.15, -0.1) is 0 Å². The maximum absolute atomic E-state index is 13.3. The van der Waals surface area contributed by atoms with E-state index in [2.05, 4.69) is 24.5 Å².